The lowest BCUT2D eigenvalue weighted by Gasteiger charge is -2.07. The third kappa shape index (κ3) is 2.51. The summed E-state index contributed by atoms with van der Waals surface area (Å²) >= 11 is 0. The van der Waals surface area contributed by atoms with Crippen LogP contribution in [0.2, 0.25) is 0 Å². The Bertz CT molecular complexity index is 806. The van der Waals surface area contributed by atoms with Crippen molar-refractivity contribution in [2.24, 2.45) is 0 Å². The van der Waals surface area contributed by atoms with Gasteiger partial charge in [-0.15, -0.1) is 0 Å². The zero-order chi connectivity index (χ0) is 15.2. The van der Waals surface area contributed by atoms with Crippen LogP contribution in [0.5, 0.6) is 0 Å². The lowest BCUT2D eigenvalue weighted by Crippen LogP contribution is -2.12. The topological polar surface area (TPSA) is 28.7 Å². The number of imidazole rings is 1. The van der Waals surface area contributed by atoms with E-state index in [-0.39, 0.29) is 16.5 Å². The van der Waals surface area contributed by atoms with Gasteiger partial charge in [-0.25, -0.2) is 9.37 Å². The van der Waals surface area contributed by atoms with E-state index in [1.807, 2.05) is 0 Å². The Morgan fingerprint density at radius 2 is 1.71 bits per heavy atom. The van der Waals surface area contributed by atoms with Gasteiger partial charge in [0.2, 0.25) is 0 Å². The Hall–Kier alpha value is -2.31. The molecule has 3 rings (SSSR count). The van der Waals surface area contributed by atoms with Crippen LogP contribution in [-0.2, 0) is 6.18 Å². The predicted octanol–water partition coefficient (Wildman–Crippen LogP) is 3.18. The maximum absolute atomic E-state index is 12.9. The van der Waals surface area contributed by atoms with Gasteiger partial charge in [0, 0.05) is 5.56 Å². The van der Waals surface area contributed by atoms with Crippen LogP contribution in [0, 0.1) is 5.82 Å². The highest BCUT2D eigenvalue weighted by Gasteiger charge is 2.31. The van der Waals surface area contributed by atoms with Crippen LogP contribution in [0.4, 0.5) is 17.6 Å². The molecular weight excluding hydrogens is 283 g/mol. The molecule has 0 spiro atoms. The second-order valence-electron chi connectivity index (χ2n) is 4.55. The van der Waals surface area contributed by atoms with Crippen molar-refractivity contribution < 1.29 is 17.6 Å². The van der Waals surface area contributed by atoms with Crippen molar-refractivity contribution in [3.63, 3.8) is 0 Å². The molecular formula is C14H7BF4N2. The third-order valence-corrected chi connectivity index (χ3v) is 3.06. The molecule has 3 aromatic rings. The second-order valence-corrected chi connectivity index (χ2v) is 4.55. The molecule has 0 aliphatic rings. The van der Waals surface area contributed by atoms with Crippen molar-refractivity contribution in [3.8, 4) is 11.4 Å². The fraction of sp³-hybridized carbons (Fsp3) is 0.0714. The van der Waals surface area contributed by atoms with Crippen molar-refractivity contribution in [1.29, 1.82) is 0 Å². The number of benzene rings is 2. The first kappa shape index (κ1) is 13.7. The van der Waals surface area contributed by atoms with E-state index in [2.05, 4.69) is 9.97 Å². The van der Waals surface area contributed by atoms with E-state index >= 15 is 0 Å². The van der Waals surface area contributed by atoms with Gasteiger partial charge in [0.25, 0.3) is 0 Å². The fourth-order valence-corrected chi connectivity index (χ4v) is 2.05. The van der Waals surface area contributed by atoms with Crippen molar-refractivity contribution >= 4 is 24.3 Å². The molecule has 0 bridgehead atoms. The van der Waals surface area contributed by atoms with Gasteiger partial charge in [-0.1, -0.05) is 11.5 Å². The molecule has 0 fully saturated rings. The molecule has 0 amide bonds. The number of halogens is 4. The molecule has 1 heterocycles. The Morgan fingerprint density at radius 3 is 2.33 bits per heavy atom. The normalized spacial score (nSPS) is 12.0. The molecule has 0 saturated carbocycles. The van der Waals surface area contributed by atoms with Crippen LogP contribution in [0.15, 0.2) is 36.4 Å². The molecule has 1 aromatic heterocycles. The van der Waals surface area contributed by atoms with E-state index < -0.39 is 17.6 Å². The summed E-state index contributed by atoms with van der Waals surface area (Å²) in [5, 5.41) is 0. The van der Waals surface area contributed by atoms with Gasteiger partial charge in [-0.2, -0.15) is 13.2 Å². The van der Waals surface area contributed by atoms with Crippen LogP contribution in [0.25, 0.3) is 22.4 Å². The van der Waals surface area contributed by atoms with Gasteiger partial charge in [0.05, 0.1) is 16.6 Å². The van der Waals surface area contributed by atoms with Gasteiger partial charge >= 0.3 is 6.18 Å². The number of H-pyrrole nitrogens is 1. The largest absolute Gasteiger partial charge is 0.416 e. The lowest BCUT2D eigenvalue weighted by molar-refractivity contribution is -0.137. The highest BCUT2D eigenvalue weighted by atomic mass is 19.4. The summed E-state index contributed by atoms with van der Waals surface area (Å²) in [5.74, 6) is -0.0789. The van der Waals surface area contributed by atoms with E-state index in [0.29, 0.717) is 11.4 Å². The predicted molar refractivity (Wildman–Crippen MR) is 71.9 cm³/mol. The molecule has 2 aromatic carbocycles. The summed E-state index contributed by atoms with van der Waals surface area (Å²) in [4.78, 5) is 6.94. The van der Waals surface area contributed by atoms with E-state index in [0.717, 1.165) is 12.1 Å². The molecule has 0 saturated heterocycles. The number of fused-ring (bicyclic) bond motifs is 1. The van der Waals surface area contributed by atoms with Crippen molar-refractivity contribution in [1.82, 2.24) is 9.97 Å². The number of rotatable bonds is 1. The monoisotopic (exact) mass is 290 g/mol. The molecule has 2 radical (unpaired) electrons. The Balaban J connectivity index is 2.16. The minimum absolute atomic E-state index is 0.0653. The maximum Gasteiger partial charge on any atom is 0.416 e. The minimum atomic E-state index is -4.48. The molecule has 21 heavy (non-hydrogen) atoms. The molecule has 0 unspecified atom stereocenters. The summed E-state index contributed by atoms with van der Waals surface area (Å²) in [6.45, 7) is 0. The van der Waals surface area contributed by atoms with Gasteiger partial charge in [-0.3, -0.25) is 0 Å². The number of hydrogen-bond acceptors (Lipinski definition) is 1. The first-order chi connectivity index (χ1) is 9.84. The van der Waals surface area contributed by atoms with E-state index in [9.17, 15) is 17.6 Å². The standard InChI is InChI=1S/C14H7BF4N2/c15-10-5-8(14(17,18)19)6-11-12(10)21-13(20-11)7-1-3-9(16)4-2-7/h1-6H,(H,20,21). The number of nitrogens with zero attached hydrogens (tertiary/aromatic N) is 1. The van der Waals surface area contributed by atoms with Gasteiger partial charge < -0.3 is 4.98 Å². The molecule has 0 aliphatic heterocycles. The summed E-state index contributed by atoms with van der Waals surface area (Å²) in [6.07, 6.45) is -4.48. The fourth-order valence-electron chi connectivity index (χ4n) is 2.05. The van der Waals surface area contributed by atoms with Crippen LogP contribution in [-0.4, -0.2) is 17.8 Å². The quantitative estimate of drug-likeness (QED) is 0.541. The van der Waals surface area contributed by atoms with Gasteiger partial charge in [-0.05, 0) is 30.3 Å². The van der Waals surface area contributed by atoms with Gasteiger partial charge in [0.15, 0.2) is 0 Å². The maximum atomic E-state index is 12.9. The highest BCUT2D eigenvalue weighted by molar-refractivity contribution is 6.38. The molecule has 104 valence electrons. The first-order valence-corrected chi connectivity index (χ1v) is 5.97. The van der Waals surface area contributed by atoms with Crippen LogP contribution in [0.1, 0.15) is 5.56 Å². The summed E-state index contributed by atoms with van der Waals surface area (Å²) in [6, 6.07) is 7.24. The zero-order valence-electron chi connectivity index (χ0n) is 10.5. The average molecular weight is 290 g/mol. The minimum Gasteiger partial charge on any atom is -0.338 e. The molecule has 2 nitrogen and oxygen atoms in total. The van der Waals surface area contributed by atoms with Crippen LogP contribution >= 0.6 is 0 Å². The zero-order valence-corrected chi connectivity index (χ0v) is 10.5. The summed E-state index contributed by atoms with van der Waals surface area (Å²) in [5.41, 5.74) is 0.0794. The number of hydrogen-bond donors (Lipinski definition) is 1. The van der Waals surface area contributed by atoms with Crippen LogP contribution < -0.4 is 5.46 Å². The van der Waals surface area contributed by atoms with Gasteiger partial charge in [0.1, 0.15) is 19.5 Å². The van der Waals surface area contributed by atoms with Crippen molar-refractivity contribution in [2.75, 3.05) is 0 Å². The number of nitrogens with one attached hydrogen (secondary N) is 1. The summed E-state index contributed by atoms with van der Waals surface area (Å²) < 4.78 is 51.1. The second kappa shape index (κ2) is 4.61. The van der Waals surface area contributed by atoms with E-state index in [1.54, 1.807) is 0 Å². The number of aromatic amines is 1. The summed E-state index contributed by atoms with van der Waals surface area (Å²) in [7, 11) is 5.63. The molecule has 0 aliphatic carbocycles. The molecule has 7 heteroatoms. The van der Waals surface area contributed by atoms with E-state index in [4.69, 9.17) is 7.85 Å². The lowest BCUT2D eigenvalue weighted by atomic mass is 9.92. The Labute approximate surface area is 118 Å². The number of alkyl halides is 3. The van der Waals surface area contributed by atoms with Crippen molar-refractivity contribution in [2.45, 2.75) is 6.18 Å². The first-order valence-electron chi connectivity index (χ1n) is 5.97. The third-order valence-electron chi connectivity index (χ3n) is 3.06. The Kier molecular flexibility index (Phi) is 3.00. The highest BCUT2D eigenvalue weighted by Crippen LogP contribution is 2.30. The SMILES string of the molecule is [B]c1cc(C(F)(F)F)cc2[nH]c(-c3ccc(F)cc3)nc12. The van der Waals surface area contributed by atoms with Crippen molar-refractivity contribution in [3.05, 3.63) is 47.8 Å². The smallest absolute Gasteiger partial charge is 0.338 e. The molecule has 1 N–H and O–H groups in total. The number of aromatic nitrogens is 2. The average Bonchev–Trinajstić information content (AvgIpc) is 2.83. The molecule has 0 atom stereocenters. The van der Waals surface area contributed by atoms with Crippen LogP contribution in [0.3, 0.4) is 0 Å². The van der Waals surface area contributed by atoms with E-state index in [1.165, 1.54) is 24.3 Å². The Morgan fingerprint density at radius 1 is 1.05 bits per heavy atom.